The van der Waals surface area contributed by atoms with Gasteiger partial charge in [0, 0.05) is 12.1 Å². The Hall–Kier alpha value is -0.160. The van der Waals surface area contributed by atoms with E-state index in [1.165, 1.54) is 116 Å². The van der Waals surface area contributed by atoms with Crippen molar-refractivity contribution in [2.45, 2.75) is 89.1 Å². The van der Waals surface area contributed by atoms with Crippen LogP contribution in [0.2, 0.25) is 0 Å². The van der Waals surface area contributed by atoms with Crippen molar-refractivity contribution in [2.24, 2.45) is 0 Å². The summed E-state index contributed by atoms with van der Waals surface area (Å²) in [7, 11) is 4.57. The van der Waals surface area contributed by atoms with Crippen LogP contribution in [0.1, 0.15) is 77.0 Å². The quantitative estimate of drug-likeness (QED) is 0.343. The van der Waals surface area contributed by atoms with E-state index in [9.17, 15) is 0 Å². The van der Waals surface area contributed by atoms with Gasteiger partial charge in [0.05, 0.1) is 0 Å². The van der Waals surface area contributed by atoms with E-state index in [2.05, 4.69) is 34.5 Å². The third-order valence-electron chi connectivity index (χ3n) is 6.03. The zero-order valence-corrected chi connectivity index (χ0v) is 17.8. The number of hydrogen-bond donors (Lipinski definition) is 2. The summed E-state index contributed by atoms with van der Waals surface area (Å²) >= 11 is 0. The number of nitrogens with zero attached hydrogens (tertiary/aromatic N) is 2. The summed E-state index contributed by atoms with van der Waals surface area (Å²) in [6.45, 7) is 7.40. The van der Waals surface area contributed by atoms with Gasteiger partial charge >= 0.3 is 0 Å². The first-order chi connectivity index (χ1) is 12.8. The predicted octanol–water partition coefficient (Wildman–Crippen LogP) is 3.47. The van der Waals surface area contributed by atoms with Crippen LogP contribution in [-0.4, -0.2) is 75.2 Å². The molecule has 0 bridgehead atoms. The summed E-state index contributed by atoms with van der Waals surface area (Å²) in [5.74, 6) is 0. The van der Waals surface area contributed by atoms with Gasteiger partial charge in [-0.05, 0) is 118 Å². The molecule has 0 atom stereocenters. The van der Waals surface area contributed by atoms with E-state index in [1.807, 2.05) is 0 Å². The van der Waals surface area contributed by atoms with Crippen LogP contribution in [0, 0.1) is 0 Å². The Morgan fingerprint density at radius 1 is 0.538 bits per heavy atom. The van der Waals surface area contributed by atoms with Crippen LogP contribution in [0.25, 0.3) is 0 Å². The predicted molar refractivity (Wildman–Crippen MR) is 114 cm³/mol. The van der Waals surface area contributed by atoms with Crippen molar-refractivity contribution in [3.8, 4) is 0 Å². The highest BCUT2D eigenvalue weighted by Crippen LogP contribution is 2.25. The minimum absolute atomic E-state index is 0.923. The van der Waals surface area contributed by atoms with E-state index >= 15 is 0 Å². The molecule has 0 aromatic carbocycles. The number of hydrogen-bond acceptors (Lipinski definition) is 4. The second kappa shape index (κ2) is 13.9. The normalized spacial score (nSPS) is 17.5. The Morgan fingerprint density at radius 2 is 0.885 bits per heavy atom. The first-order valence-electron chi connectivity index (χ1n) is 11.6. The number of unbranched alkanes of at least 4 members (excludes halogenated alkanes) is 5. The molecule has 2 aliphatic carbocycles. The molecule has 0 radical (unpaired) electrons. The lowest BCUT2D eigenvalue weighted by Gasteiger charge is -2.15. The average molecular weight is 367 g/mol. The van der Waals surface area contributed by atoms with E-state index in [1.54, 1.807) is 0 Å². The van der Waals surface area contributed by atoms with E-state index in [4.69, 9.17) is 0 Å². The van der Waals surface area contributed by atoms with Crippen LogP contribution in [0.3, 0.4) is 0 Å². The second-order valence-electron chi connectivity index (χ2n) is 8.75. The van der Waals surface area contributed by atoms with E-state index < -0.39 is 0 Å². The van der Waals surface area contributed by atoms with Gasteiger partial charge in [-0.25, -0.2) is 0 Å². The van der Waals surface area contributed by atoms with Gasteiger partial charge in [-0.2, -0.15) is 0 Å². The van der Waals surface area contributed by atoms with Crippen LogP contribution in [0.5, 0.6) is 0 Å². The molecule has 4 nitrogen and oxygen atoms in total. The molecule has 0 spiro atoms. The lowest BCUT2D eigenvalue weighted by atomic mass is 10.2. The maximum atomic E-state index is 3.61. The Morgan fingerprint density at radius 3 is 1.23 bits per heavy atom. The van der Waals surface area contributed by atoms with Gasteiger partial charge in [0.2, 0.25) is 0 Å². The van der Waals surface area contributed by atoms with Crippen molar-refractivity contribution in [3.63, 3.8) is 0 Å². The highest BCUT2D eigenvalue weighted by Gasteiger charge is 2.25. The molecule has 0 unspecified atom stereocenters. The topological polar surface area (TPSA) is 30.5 Å². The zero-order chi connectivity index (χ0) is 18.5. The van der Waals surface area contributed by atoms with Crippen LogP contribution < -0.4 is 10.6 Å². The number of nitrogens with one attached hydrogen (secondary N) is 2. The van der Waals surface area contributed by atoms with Crippen LogP contribution in [0.4, 0.5) is 0 Å². The smallest absolute Gasteiger partial charge is 0.00933 e. The zero-order valence-electron chi connectivity index (χ0n) is 17.8. The van der Waals surface area contributed by atoms with Gasteiger partial charge in [-0.3, -0.25) is 0 Å². The van der Waals surface area contributed by atoms with E-state index in [0.29, 0.717) is 0 Å². The maximum Gasteiger partial charge on any atom is 0.00933 e. The molecule has 0 amide bonds. The molecule has 26 heavy (non-hydrogen) atoms. The molecule has 0 aliphatic heterocycles. The molecule has 4 heteroatoms. The van der Waals surface area contributed by atoms with Crippen molar-refractivity contribution in [3.05, 3.63) is 0 Å². The fraction of sp³-hybridized carbons (Fsp3) is 1.00. The van der Waals surface area contributed by atoms with Crippen LogP contribution in [-0.2, 0) is 0 Å². The van der Waals surface area contributed by atoms with Crippen molar-refractivity contribution in [1.82, 2.24) is 20.4 Å². The molecular weight excluding hydrogens is 320 g/mol. The molecule has 2 fully saturated rings. The molecule has 2 N–H and O–H groups in total. The Balaban J connectivity index is 1.19. The molecule has 0 aromatic rings. The molecular formula is C22H46N4. The van der Waals surface area contributed by atoms with Gasteiger partial charge in [-0.15, -0.1) is 0 Å². The number of rotatable bonds is 19. The standard InChI is InChI=1S/C22H46N4/c1-25(21-11-12-21)19-9-7-17-23-15-5-3-4-6-16-24-18-8-10-20-26(2)22-13-14-22/h21-24H,3-20H2,1-2H3. The van der Waals surface area contributed by atoms with E-state index in [-0.39, 0.29) is 0 Å². The van der Waals surface area contributed by atoms with Crippen molar-refractivity contribution >= 4 is 0 Å². The van der Waals surface area contributed by atoms with Crippen molar-refractivity contribution in [1.29, 1.82) is 0 Å². The van der Waals surface area contributed by atoms with Gasteiger partial charge < -0.3 is 20.4 Å². The Labute approximate surface area is 163 Å². The van der Waals surface area contributed by atoms with Crippen LogP contribution >= 0.6 is 0 Å². The van der Waals surface area contributed by atoms with E-state index in [0.717, 1.165) is 12.1 Å². The lowest BCUT2D eigenvalue weighted by Crippen LogP contribution is -2.23. The first-order valence-corrected chi connectivity index (χ1v) is 11.6. The molecule has 154 valence electrons. The lowest BCUT2D eigenvalue weighted by molar-refractivity contribution is 0.315. The summed E-state index contributed by atoms with van der Waals surface area (Å²) in [4.78, 5) is 5.08. The third kappa shape index (κ3) is 11.5. The molecule has 0 heterocycles. The van der Waals surface area contributed by atoms with Gasteiger partial charge in [0.1, 0.15) is 0 Å². The summed E-state index contributed by atoms with van der Waals surface area (Å²) in [6.07, 6.45) is 16.5. The molecule has 0 aromatic heterocycles. The summed E-state index contributed by atoms with van der Waals surface area (Å²) in [5.41, 5.74) is 0. The maximum absolute atomic E-state index is 3.61. The summed E-state index contributed by atoms with van der Waals surface area (Å²) in [6, 6.07) is 1.85. The summed E-state index contributed by atoms with van der Waals surface area (Å²) in [5, 5.41) is 7.22. The van der Waals surface area contributed by atoms with Crippen LogP contribution in [0.15, 0.2) is 0 Å². The fourth-order valence-corrected chi connectivity index (χ4v) is 3.72. The second-order valence-corrected chi connectivity index (χ2v) is 8.75. The Kier molecular flexibility index (Phi) is 11.9. The van der Waals surface area contributed by atoms with Crippen molar-refractivity contribution in [2.75, 3.05) is 53.4 Å². The molecule has 0 saturated heterocycles. The molecule has 2 aliphatic rings. The SMILES string of the molecule is CN(CCCCNCCCCCCNCCCCN(C)C1CC1)C1CC1. The van der Waals surface area contributed by atoms with Gasteiger partial charge in [0.25, 0.3) is 0 Å². The first kappa shape index (κ1) is 22.1. The largest absolute Gasteiger partial charge is 0.317 e. The van der Waals surface area contributed by atoms with Gasteiger partial charge in [0.15, 0.2) is 0 Å². The average Bonchev–Trinajstić information content (AvgIpc) is 3.52. The molecule has 2 saturated carbocycles. The fourth-order valence-electron chi connectivity index (χ4n) is 3.72. The highest BCUT2D eigenvalue weighted by molar-refractivity contribution is 4.82. The minimum Gasteiger partial charge on any atom is -0.317 e. The van der Waals surface area contributed by atoms with Gasteiger partial charge in [-0.1, -0.05) is 12.8 Å². The minimum atomic E-state index is 0.923. The monoisotopic (exact) mass is 366 g/mol. The Bertz CT molecular complexity index is 296. The third-order valence-corrected chi connectivity index (χ3v) is 6.03. The highest BCUT2D eigenvalue weighted by atomic mass is 15.2. The molecule has 2 rings (SSSR count). The summed E-state index contributed by atoms with van der Waals surface area (Å²) < 4.78 is 0. The van der Waals surface area contributed by atoms with Crippen molar-refractivity contribution < 1.29 is 0 Å².